The minimum absolute atomic E-state index is 0.103. The van der Waals surface area contributed by atoms with Crippen molar-refractivity contribution in [2.24, 2.45) is 14.1 Å². The second-order valence-electron chi connectivity index (χ2n) is 8.03. The Morgan fingerprint density at radius 2 is 1.76 bits per heavy atom. The number of rotatable bonds is 6. The lowest BCUT2D eigenvalue weighted by Gasteiger charge is -2.11. The number of para-hydroxylation sites is 1. The third kappa shape index (κ3) is 3.51. The van der Waals surface area contributed by atoms with Gasteiger partial charge in [-0.3, -0.25) is 18.5 Å². The van der Waals surface area contributed by atoms with E-state index in [0.29, 0.717) is 24.5 Å². The van der Waals surface area contributed by atoms with Crippen molar-refractivity contribution in [3.05, 3.63) is 92.5 Å². The average molecular weight is 446 g/mol. The minimum atomic E-state index is -0.471. The zero-order valence-corrected chi connectivity index (χ0v) is 18.3. The Labute approximate surface area is 187 Å². The summed E-state index contributed by atoms with van der Waals surface area (Å²) in [6.07, 6.45) is 2.69. The molecule has 3 aromatic heterocycles. The summed E-state index contributed by atoms with van der Waals surface area (Å²) in [4.78, 5) is 33.2. The van der Waals surface area contributed by atoms with Gasteiger partial charge in [-0.05, 0) is 24.1 Å². The fraction of sp³-hybridized carbons (Fsp3) is 0.208. The maximum atomic E-state index is 14.4. The summed E-state index contributed by atoms with van der Waals surface area (Å²) in [7, 11) is 2.99. The van der Waals surface area contributed by atoms with Gasteiger partial charge in [-0.2, -0.15) is 4.98 Å². The predicted octanol–water partition coefficient (Wildman–Crippen LogP) is 2.76. The molecule has 0 spiro atoms. The van der Waals surface area contributed by atoms with Crippen LogP contribution in [0.3, 0.4) is 0 Å². The maximum absolute atomic E-state index is 14.4. The van der Waals surface area contributed by atoms with E-state index in [1.54, 1.807) is 29.8 Å². The normalized spacial score (nSPS) is 11.5. The highest BCUT2D eigenvalue weighted by Crippen LogP contribution is 2.21. The molecule has 3 heterocycles. The molecule has 0 aliphatic carbocycles. The van der Waals surface area contributed by atoms with Crippen LogP contribution in [-0.2, 0) is 27.1 Å². The van der Waals surface area contributed by atoms with Crippen molar-refractivity contribution in [3.8, 4) is 0 Å². The van der Waals surface area contributed by atoms with Gasteiger partial charge in [0.1, 0.15) is 5.82 Å². The molecule has 0 fully saturated rings. The molecule has 0 radical (unpaired) electrons. The molecule has 0 unspecified atom stereocenters. The minimum Gasteiger partial charge on any atom is -0.361 e. The second kappa shape index (κ2) is 8.09. The smallest absolute Gasteiger partial charge is 0.332 e. The van der Waals surface area contributed by atoms with Crippen LogP contribution >= 0.6 is 0 Å². The summed E-state index contributed by atoms with van der Waals surface area (Å²) >= 11 is 0. The molecule has 33 heavy (non-hydrogen) atoms. The molecule has 0 saturated carbocycles. The molecular formula is C24H23FN6O2. The number of aromatic amines is 1. The molecule has 0 aliphatic heterocycles. The summed E-state index contributed by atoms with van der Waals surface area (Å²) in [5.74, 6) is 0.0390. The summed E-state index contributed by atoms with van der Waals surface area (Å²) in [6.45, 7) is 0.642. The van der Waals surface area contributed by atoms with E-state index in [9.17, 15) is 14.0 Å². The van der Waals surface area contributed by atoms with Crippen molar-refractivity contribution in [2.45, 2.75) is 13.0 Å². The first-order chi connectivity index (χ1) is 16.0. The lowest BCUT2D eigenvalue weighted by atomic mass is 10.1. The monoisotopic (exact) mass is 446 g/mol. The van der Waals surface area contributed by atoms with E-state index in [0.717, 1.165) is 21.0 Å². The van der Waals surface area contributed by atoms with Gasteiger partial charge in [0, 0.05) is 43.3 Å². The molecule has 8 nitrogen and oxygen atoms in total. The third-order valence-electron chi connectivity index (χ3n) is 5.99. The molecule has 0 saturated heterocycles. The van der Waals surface area contributed by atoms with Crippen LogP contribution < -0.4 is 16.6 Å². The lowest BCUT2D eigenvalue weighted by molar-refractivity contribution is 0.601. The number of aromatic nitrogens is 5. The first kappa shape index (κ1) is 20.7. The number of hydrogen-bond donors (Lipinski definition) is 2. The summed E-state index contributed by atoms with van der Waals surface area (Å²) in [6, 6.07) is 14.5. The molecule has 2 N–H and O–H groups in total. The van der Waals surface area contributed by atoms with E-state index in [4.69, 9.17) is 0 Å². The number of anilines is 1. The Hall–Kier alpha value is -4.14. The molecule has 2 aromatic carbocycles. The number of fused-ring (bicyclic) bond motifs is 2. The van der Waals surface area contributed by atoms with E-state index in [2.05, 4.69) is 21.4 Å². The molecule has 5 rings (SSSR count). The highest BCUT2D eigenvalue weighted by atomic mass is 19.1. The van der Waals surface area contributed by atoms with Crippen LogP contribution in [0.2, 0.25) is 0 Å². The summed E-state index contributed by atoms with van der Waals surface area (Å²) < 4.78 is 18.4. The number of halogens is 1. The Balaban J connectivity index is 1.55. The Bertz CT molecular complexity index is 1610. The van der Waals surface area contributed by atoms with Gasteiger partial charge in [0.05, 0.1) is 6.54 Å². The topological polar surface area (TPSA) is 89.6 Å². The highest BCUT2D eigenvalue weighted by Gasteiger charge is 2.20. The molecule has 9 heteroatoms. The SMILES string of the molecule is Cn1c(=O)c2c(nc(NCCc3c[nH]c4ccccc34)n2Cc2ccccc2F)n(C)c1=O. The van der Waals surface area contributed by atoms with E-state index < -0.39 is 11.2 Å². The molecule has 0 atom stereocenters. The van der Waals surface area contributed by atoms with Gasteiger partial charge in [0.25, 0.3) is 5.56 Å². The number of hydrogen-bond acceptors (Lipinski definition) is 4. The van der Waals surface area contributed by atoms with Gasteiger partial charge in [-0.15, -0.1) is 0 Å². The summed E-state index contributed by atoms with van der Waals surface area (Å²) in [5.41, 5.74) is 2.21. The third-order valence-corrected chi connectivity index (χ3v) is 5.99. The Kier molecular flexibility index (Phi) is 5.08. The highest BCUT2D eigenvalue weighted by molar-refractivity contribution is 5.83. The predicted molar refractivity (Wildman–Crippen MR) is 126 cm³/mol. The van der Waals surface area contributed by atoms with Crippen LogP contribution in [0, 0.1) is 5.82 Å². The van der Waals surface area contributed by atoms with Gasteiger partial charge < -0.3 is 10.3 Å². The Morgan fingerprint density at radius 3 is 2.58 bits per heavy atom. The number of nitrogens with zero attached hydrogens (tertiary/aromatic N) is 4. The number of benzene rings is 2. The zero-order chi connectivity index (χ0) is 23.1. The largest absolute Gasteiger partial charge is 0.361 e. The lowest BCUT2D eigenvalue weighted by Crippen LogP contribution is -2.37. The first-order valence-electron chi connectivity index (χ1n) is 10.6. The van der Waals surface area contributed by atoms with Crippen molar-refractivity contribution in [3.63, 3.8) is 0 Å². The fourth-order valence-corrected chi connectivity index (χ4v) is 4.18. The second-order valence-corrected chi connectivity index (χ2v) is 8.03. The van der Waals surface area contributed by atoms with Gasteiger partial charge in [0.2, 0.25) is 5.95 Å². The van der Waals surface area contributed by atoms with Crippen LogP contribution in [0.5, 0.6) is 0 Å². The van der Waals surface area contributed by atoms with Gasteiger partial charge in [-0.1, -0.05) is 36.4 Å². The molecule has 0 amide bonds. The number of imidazole rings is 1. The van der Waals surface area contributed by atoms with E-state index in [1.807, 2.05) is 24.4 Å². The van der Waals surface area contributed by atoms with Crippen molar-refractivity contribution in [1.29, 1.82) is 0 Å². The maximum Gasteiger partial charge on any atom is 0.332 e. The van der Waals surface area contributed by atoms with Crippen molar-refractivity contribution in [2.75, 3.05) is 11.9 Å². The molecule has 168 valence electrons. The van der Waals surface area contributed by atoms with E-state index in [-0.39, 0.29) is 23.5 Å². The van der Waals surface area contributed by atoms with Crippen LogP contribution in [0.15, 0.2) is 64.3 Å². The van der Waals surface area contributed by atoms with Crippen LogP contribution in [0.1, 0.15) is 11.1 Å². The van der Waals surface area contributed by atoms with Gasteiger partial charge >= 0.3 is 5.69 Å². The van der Waals surface area contributed by atoms with Crippen LogP contribution in [0.4, 0.5) is 10.3 Å². The number of nitrogens with one attached hydrogen (secondary N) is 2. The zero-order valence-electron chi connectivity index (χ0n) is 18.3. The molecule has 0 aliphatic rings. The fourth-order valence-electron chi connectivity index (χ4n) is 4.18. The number of aryl methyl sites for hydroxylation is 1. The number of H-pyrrole nitrogens is 1. The first-order valence-corrected chi connectivity index (χ1v) is 10.6. The average Bonchev–Trinajstić information content (AvgIpc) is 3.40. The molecule has 0 bridgehead atoms. The van der Waals surface area contributed by atoms with Gasteiger partial charge in [0.15, 0.2) is 11.2 Å². The summed E-state index contributed by atoms with van der Waals surface area (Å²) in [5, 5.41) is 4.44. The van der Waals surface area contributed by atoms with Crippen molar-refractivity contribution < 1.29 is 4.39 Å². The quantitative estimate of drug-likeness (QED) is 0.420. The standard InChI is InChI=1S/C24H23FN6O2/c1-29-21-20(22(32)30(2)24(29)33)31(14-16-7-3-5-9-18(16)25)23(28-21)26-12-11-15-13-27-19-10-6-4-8-17(15)19/h3-10,13,27H,11-12,14H2,1-2H3,(H,26,28). The van der Waals surface area contributed by atoms with Gasteiger partial charge in [-0.25, -0.2) is 9.18 Å². The molecule has 5 aromatic rings. The van der Waals surface area contributed by atoms with Crippen molar-refractivity contribution >= 4 is 28.0 Å². The van der Waals surface area contributed by atoms with E-state index >= 15 is 0 Å². The Morgan fingerprint density at radius 1 is 1.00 bits per heavy atom. The molecular weight excluding hydrogens is 423 g/mol. The van der Waals surface area contributed by atoms with E-state index in [1.165, 1.54) is 17.7 Å². The van der Waals surface area contributed by atoms with Crippen molar-refractivity contribution in [1.82, 2.24) is 23.7 Å². The van der Waals surface area contributed by atoms with Crippen LogP contribution in [0.25, 0.3) is 22.1 Å². The van der Waals surface area contributed by atoms with Crippen LogP contribution in [-0.4, -0.2) is 30.2 Å².